The smallest absolute Gasteiger partial charge is 0.337 e. The predicted molar refractivity (Wildman–Crippen MR) is 132 cm³/mol. The van der Waals surface area contributed by atoms with Crippen LogP contribution < -0.4 is 0 Å². The number of hydrogen-bond acceptors (Lipinski definition) is 14. The fraction of sp³-hybridized carbons (Fsp3) is 0.400. The molecular formula is C25H32O14. The molecule has 0 aliphatic carbocycles. The zero-order chi connectivity index (χ0) is 30.5. The van der Waals surface area contributed by atoms with Crippen LogP contribution >= 0.6 is 0 Å². The molecule has 0 fully saturated rings. The summed E-state index contributed by atoms with van der Waals surface area (Å²) in [6.45, 7) is 3.34. The van der Waals surface area contributed by atoms with Gasteiger partial charge < -0.3 is 33.2 Å². The van der Waals surface area contributed by atoms with Gasteiger partial charge in [-0.3, -0.25) is 14.4 Å². The zero-order valence-corrected chi connectivity index (χ0v) is 22.8. The molecule has 0 aromatic heterocycles. The molecule has 1 aromatic carbocycles. The molecule has 0 unspecified atom stereocenters. The van der Waals surface area contributed by atoms with Crippen LogP contribution in [-0.2, 0) is 52.3 Å². The number of hydrogen-bond donors (Lipinski definition) is 0. The highest BCUT2D eigenvalue weighted by molar-refractivity contribution is 6.00. The monoisotopic (exact) mass is 556 g/mol. The molecule has 0 atom stereocenters. The van der Waals surface area contributed by atoms with Crippen LogP contribution in [0.5, 0.6) is 0 Å². The largest absolute Gasteiger partial charge is 0.469 e. The molecule has 0 heterocycles. The lowest BCUT2D eigenvalue weighted by Gasteiger charge is -2.06. The zero-order valence-electron chi connectivity index (χ0n) is 22.8. The first kappa shape index (κ1) is 36.4. The third-order valence-electron chi connectivity index (χ3n) is 4.24. The van der Waals surface area contributed by atoms with E-state index in [2.05, 4.69) is 39.7 Å². The second-order valence-corrected chi connectivity index (χ2v) is 6.77. The average Bonchev–Trinajstić information content (AvgIpc) is 2.97. The van der Waals surface area contributed by atoms with Crippen molar-refractivity contribution in [3.8, 4) is 0 Å². The highest BCUT2D eigenvalue weighted by atomic mass is 16.5. The van der Waals surface area contributed by atoms with Crippen LogP contribution in [0, 0.1) is 0 Å². The lowest BCUT2D eigenvalue weighted by Crippen LogP contribution is -2.10. The first-order valence-electron chi connectivity index (χ1n) is 10.7. The Balaban J connectivity index is 0. The fourth-order valence-electron chi connectivity index (χ4n) is 2.21. The summed E-state index contributed by atoms with van der Waals surface area (Å²) in [7, 11) is 8.62. The van der Waals surface area contributed by atoms with Crippen LogP contribution in [0.3, 0.4) is 0 Å². The molecule has 1 rings (SSSR count). The van der Waals surface area contributed by atoms with Crippen LogP contribution in [0.2, 0.25) is 0 Å². The van der Waals surface area contributed by atoms with E-state index in [-0.39, 0.29) is 41.5 Å². The van der Waals surface area contributed by atoms with Gasteiger partial charge in [-0.25, -0.2) is 19.2 Å². The van der Waals surface area contributed by atoms with E-state index in [0.717, 1.165) is 0 Å². The lowest BCUT2D eigenvalue weighted by atomic mass is 10.1. The summed E-state index contributed by atoms with van der Waals surface area (Å²) in [6.07, 6.45) is 0.0511. The summed E-state index contributed by atoms with van der Waals surface area (Å²) in [5.41, 5.74) is 0.307. The molecule has 14 nitrogen and oxygen atoms in total. The molecule has 0 aliphatic heterocycles. The highest BCUT2D eigenvalue weighted by Gasteiger charge is 2.17. The highest BCUT2D eigenvalue weighted by Crippen LogP contribution is 2.14. The maximum absolute atomic E-state index is 11.4. The number of benzene rings is 1. The number of carbonyl (C=O) groups excluding carboxylic acids is 7. The van der Waals surface area contributed by atoms with Gasteiger partial charge in [0.15, 0.2) is 0 Å². The van der Waals surface area contributed by atoms with E-state index in [0.29, 0.717) is 0 Å². The minimum atomic E-state index is -0.661. The van der Waals surface area contributed by atoms with Crippen molar-refractivity contribution in [2.45, 2.75) is 19.3 Å². The van der Waals surface area contributed by atoms with Gasteiger partial charge in [0, 0.05) is 5.57 Å². The van der Waals surface area contributed by atoms with E-state index in [4.69, 9.17) is 0 Å². The molecule has 39 heavy (non-hydrogen) atoms. The van der Waals surface area contributed by atoms with E-state index < -0.39 is 41.8 Å². The molecule has 0 bridgehead atoms. The Labute approximate surface area is 225 Å². The van der Waals surface area contributed by atoms with E-state index >= 15 is 0 Å². The Hall–Kier alpha value is -4.75. The molecule has 14 heteroatoms. The van der Waals surface area contributed by atoms with Gasteiger partial charge in [-0.1, -0.05) is 6.58 Å². The van der Waals surface area contributed by atoms with Gasteiger partial charge in [-0.15, -0.1) is 0 Å². The first-order valence-corrected chi connectivity index (χ1v) is 10.7. The Morgan fingerprint density at radius 2 is 0.821 bits per heavy atom. The van der Waals surface area contributed by atoms with Gasteiger partial charge in [-0.2, -0.15) is 0 Å². The van der Waals surface area contributed by atoms with Gasteiger partial charge >= 0.3 is 41.8 Å². The third kappa shape index (κ3) is 15.2. The van der Waals surface area contributed by atoms with Crippen molar-refractivity contribution in [3.05, 3.63) is 47.0 Å². The number of carbonyl (C=O) groups is 7. The average molecular weight is 557 g/mol. The molecule has 0 spiro atoms. The van der Waals surface area contributed by atoms with Crippen molar-refractivity contribution in [2.24, 2.45) is 0 Å². The van der Waals surface area contributed by atoms with Crippen molar-refractivity contribution >= 4 is 41.8 Å². The molecule has 0 saturated heterocycles. The number of esters is 7. The summed E-state index contributed by atoms with van der Waals surface area (Å²) in [4.78, 5) is 76.2. The molecular weight excluding hydrogens is 524 g/mol. The topological polar surface area (TPSA) is 184 Å². The Morgan fingerprint density at radius 1 is 0.513 bits per heavy atom. The Kier molecular flexibility index (Phi) is 19.0. The third-order valence-corrected chi connectivity index (χ3v) is 4.24. The summed E-state index contributed by atoms with van der Waals surface area (Å²) < 4.78 is 30.8. The van der Waals surface area contributed by atoms with Crippen molar-refractivity contribution in [1.29, 1.82) is 0 Å². The summed E-state index contributed by atoms with van der Waals surface area (Å²) in [5, 5.41) is 0. The van der Waals surface area contributed by atoms with Crippen LogP contribution in [0.25, 0.3) is 0 Å². The lowest BCUT2D eigenvalue weighted by molar-refractivity contribution is -0.147. The SMILES string of the molecule is C=C(CC(=O)OC)C(=O)OC.COC(=O)CCC(=O)OC.COC(=O)c1cc(C(=O)OC)cc(C(=O)OC)c1. The molecule has 0 amide bonds. The van der Waals surface area contributed by atoms with Crippen LogP contribution in [0.1, 0.15) is 50.3 Å². The molecule has 0 saturated carbocycles. The standard InChI is InChI=1S/C12H12O6.C7H10O4.C6H10O4/c1-16-10(13)7-4-8(11(14)17-2)6-9(5-7)12(15)18-3;1-5(7(9)11-3)4-6(8)10-2;1-9-5(7)3-4-6(8)10-2/h4-6H,1-3H3;1,4H2,2-3H3;3-4H2,1-2H3. The predicted octanol–water partition coefficient (Wildman–Crippen LogP) is 1.44. The van der Waals surface area contributed by atoms with E-state index in [9.17, 15) is 33.6 Å². The van der Waals surface area contributed by atoms with Crippen molar-refractivity contribution in [3.63, 3.8) is 0 Å². The molecule has 0 radical (unpaired) electrons. The van der Waals surface area contributed by atoms with Crippen LogP contribution in [-0.4, -0.2) is 91.6 Å². The summed E-state index contributed by atoms with van der Waals surface area (Å²) in [5.74, 6) is -3.87. The summed E-state index contributed by atoms with van der Waals surface area (Å²) >= 11 is 0. The van der Waals surface area contributed by atoms with E-state index in [1.807, 2.05) is 0 Å². The van der Waals surface area contributed by atoms with Crippen molar-refractivity contribution in [2.75, 3.05) is 49.8 Å². The maximum Gasteiger partial charge on any atom is 0.337 e. The van der Waals surface area contributed by atoms with E-state index in [1.54, 1.807) is 0 Å². The minimum Gasteiger partial charge on any atom is -0.469 e. The Morgan fingerprint density at radius 3 is 1.05 bits per heavy atom. The fourth-order valence-corrected chi connectivity index (χ4v) is 2.21. The molecule has 0 N–H and O–H groups in total. The van der Waals surface area contributed by atoms with Gasteiger partial charge in [-0.05, 0) is 18.2 Å². The molecule has 0 aliphatic rings. The van der Waals surface area contributed by atoms with Gasteiger partial charge in [0.1, 0.15) is 0 Å². The summed E-state index contributed by atoms with van der Waals surface area (Å²) in [6, 6.07) is 3.85. The number of methoxy groups -OCH3 is 7. The van der Waals surface area contributed by atoms with E-state index in [1.165, 1.54) is 68.0 Å². The van der Waals surface area contributed by atoms with Gasteiger partial charge in [0.05, 0.1) is 85.7 Å². The first-order chi connectivity index (χ1) is 18.3. The minimum absolute atomic E-state index is 0.0702. The number of ether oxygens (including phenoxy) is 7. The molecule has 1 aromatic rings. The molecule has 216 valence electrons. The van der Waals surface area contributed by atoms with Crippen molar-refractivity contribution < 1.29 is 66.7 Å². The van der Waals surface area contributed by atoms with Crippen LogP contribution in [0.15, 0.2) is 30.4 Å². The number of rotatable bonds is 9. The second kappa shape index (κ2) is 20.3. The van der Waals surface area contributed by atoms with Gasteiger partial charge in [0.2, 0.25) is 0 Å². The van der Waals surface area contributed by atoms with Gasteiger partial charge in [0.25, 0.3) is 0 Å². The Bertz CT molecular complexity index is 941. The van der Waals surface area contributed by atoms with Crippen LogP contribution in [0.4, 0.5) is 0 Å². The second-order valence-electron chi connectivity index (χ2n) is 6.77. The maximum atomic E-state index is 11.4. The normalized spacial score (nSPS) is 9.00. The quantitative estimate of drug-likeness (QED) is 0.242. The van der Waals surface area contributed by atoms with Crippen molar-refractivity contribution in [1.82, 2.24) is 0 Å².